The van der Waals surface area contributed by atoms with Crippen LogP contribution >= 0.6 is 23.1 Å². The van der Waals surface area contributed by atoms with Gasteiger partial charge in [0.2, 0.25) is 0 Å². The average Bonchev–Trinajstić information content (AvgIpc) is 3.52. The van der Waals surface area contributed by atoms with Gasteiger partial charge >= 0.3 is 5.97 Å². The third-order valence-corrected chi connectivity index (χ3v) is 7.94. The van der Waals surface area contributed by atoms with E-state index in [9.17, 15) is 19.7 Å². The molecule has 0 saturated carbocycles. The number of esters is 1. The molecule has 39 heavy (non-hydrogen) atoms. The van der Waals surface area contributed by atoms with Crippen LogP contribution in [0.2, 0.25) is 0 Å². The summed E-state index contributed by atoms with van der Waals surface area (Å²) in [5.41, 5.74) is 1.95. The van der Waals surface area contributed by atoms with E-state index in [0.717, 1.165) is 10.5 Å². The predicted octanol–water partition coefficient (Wildman–Crippen LogP) is 4.69. The molecule has 0 N–H and O–H groups in total. The average molecular weight is 562 g/mol. The van der Waals surface area contributed by atoms with Crippen LogP contribution in [0, 0.1) is 10.1 Å². The van der Waals surface area contributed by atoms with E-state index in [1.54, 1.807) is 56.0 Å². The molecule has 0 spiro atoms. The molecule has 5 rings (SSSR count). The van der Waals surface area contributed by atoms with Gasteiger partial charge in [-0.2, -0.15) is 0 Å². The molecule has 198 valence electrons. The Morgan fingerprint density at radius 2 is 1.90 bits per heavy atom. The zero-order valence-electron chi connectivity index (χ0n) is 21.2. The zero-order chi connectivity index (χ0) is 27.7. The zero-order valence-corrected chi connectivity index (χ0v) is 22.9. The lowest BCUT2D eigenvalue weighted by molar-refractivity contribution is -0.384. The molecule has 1 atom stereocenters. The Morgan fingerprint density at radius 3 is 2.54 bits per heavy atom. The second-order valence-corrected chi connectivity index (χ2v) is 10.5. The van der Waals surface area contributed by atoms with Crippen LogP contribution < -0.4 is 14.9 Å². The van der Waals surface area contributed by atoms with Gasteiger partial charge < -0.3 is 9.15 Å². The van der Waals surface area contributed by atoms with Crippen LogP contribution in [-0.2, 0) is 9.53 Å². The van der Waals surface area contributed by atoms with Crippen molar-refractivity contribution < 1.29 is 18.9 Å². The van der Waals surface area contributed by atoms with Gasteiger partial charge in [-0.1, -0.05) is 23.5 Å². The summed E-state index contributed by atoms with van der Waals surface area (Å²) in [7, 11) is 0. The van der Waals surface area contributed by atoms with Crippen LogP contribution in [0.25, 0.3) is 17.4 Å². The summed E-state index contributed by atoms with van der Waals surface area (Å²) in [6.07, 6.45) is 3.61. The van der Waals surface area contributed by atoms with Crippen molar-refractivity contribution in [3.63, 3.8) is 0 Å². The molecular weight excluding hydrogens is 538 g/mol. The number of carbonyl (C=O) groups excluding carboxylic acids is 1. The number of nitro groups is 1. The Bertz CT molecular complexity index is 1780. The van der Waals surface area contributed by atoms with Crippen LogP contribution in [0.15, 0.2) is 91.0 Å². The number of carbonyl (C=O) groups is 1. The highest BCUT2D eigenvalue weighted by Crippen LogP contribution is 2.32. The fourth-order valence-electron chi connectivity index (χ4n) is 4.36. The van der Waals surface area contributed by atoms with Gasteiger partial charge in [-0.25, -0.2) is 9.79 Å². The van der Waals surface area contributed by atoms with E-state index in [1.807, 2.05) is 30.5 Å². The monoisotopic (exact) mass is 561 g/mol. The number of thiazole rings is 1. The Labute approximate surface area is 230 Å². The molecule has 2 aromatic heterocycles. The molecule has 0 fully saturated rings. The second-order valence-electron chi connectivity index (χ2n) is 8.58. The van der Waals surface area contributed by atoms with E-state index < -0.39 is 16.9 Å². The fourth-order valence-corrected chi connectivity index (χ4v) is 5.79. The molecule has 0 radical (unpaired) electrons. The van der Waals surface area contributed by atoms with Crippen LogP contribution in [0.3, 0.4) is 0 Å². The van der Waals surface area contributed by atoms with Crippen molar-refractivity contribution in [2.24, 2.45) is 4.99 Å². The van der Waals surface area contributed by atoms with Crippen molar-refractivity contribution in [3.8, 4) is 11.3 Å². The SMILES string of the molecule is CCOC(=O)C1=C(C)N=c2s/c(=C\c3ccc(-c4ccc([N+](=O)[O-])cc4)o3)c(=O)n2[C@H]1c1ccc(SC)cc1. The van der Waals surface area contributed by atoms with Gasteiger partial charge in [0.15, 0.2) is 4.80 Å². The van der Waals surface area contributed by atoms with Crippen molar-refractivity contribution in [2.75, 3.05) is 12.9 Å². The number of furan rings is 1. The van der Waals surface area contributed by atoms with E-state index in [0.29, 0.717) is 37.7 Å². The molecule has 0 unspecified atom stereocenters. The minimum atomic E-state index is -0.689. The molecule has 1 aliphatic rings. The number of allylic oxidation sites excluding steroid dienone is 1. The Hall–Kier alpha value is -4.22. The van der Waals surface area contributed by atoms with Crippen molar-refractivity contribution in [1.29, 1.82) is 0 Å². The van der Waals surface area contributed by atoms with E-state index in [-0.39, 0.29) is 17.9 Å². The van der Waals surface area contributed by atoms with Gasteiger partial charge in [-0.15, -0.1) is 11.8 Å². The van der Waals surface area contributed by atoms with Gasteiger partial charge in [-0.3, -0.25) is 19.5 Å². The highest BCUT2D eigenvalue weighted by Gasteiger charge is 2.33. The second kappa shape index (κ2) is 10.9. The molecule has 0 bridgehead atoms. The summed E-state index contributed by atoms with van der Waals surface area (Å²) in [6, 6.07) is 16.5. The van der Waals surface area contributed by atoms with Crippen molar-refractivity contribution in [2.45, 2.75) is 24.8 Å². The summed E-state index contributed by atoms with van der Waals surface area (Å²) in [4.78, 5) is 43.3. The first-order valence-corrected chi connectivity index (χ1v) is 14.0. The molecule has 0 saturated heterocycles. The fraction of sp³-hybridized carbons (Fsp3) is 0.179. The van der Waals surface area contributed by atoms with E-state index >= 15 is 0 Å². The standard InChI is InChI=1S/C28H23N3O6S2/c1-4-36-27(33)24-16(2)29-28-30(25(24)18-7-12-21(38-3)13-8-18)26(32)23(39-28)15-20-11-14-22(37-20)17-5-9-19(10-6-17)31(34)35/h5-15,25H,4H2,1-3H3/b23-15-/t25-/m0/s1. The van der Waals surface area contributed by atoms with Crippen LogP contribution in [0.4, 0.5) is 5.69 Å². The summed E-state index contributed by atoms with van der Waals surface area (Å²) in [5.74, 6) is 0.442. The van der Waals surface area contributed by atoms with E-state index in [4.69, 9.17) is 9.15 Å². The van der Waals surface area contributed by atoms with Crippen molar-refractivity contribution >= 4 is 40.8 Å². The number of hydrogen-bond acceptors (Lipinski definition) is 9. The Balaban J connectivity index is 1.59. The van der Waals surface area contributed by atoms with E-state index in [2.05, 4.69) is 4.99 Å². The molecule has 0 amide bonds. The topological polar surface area (TPSA) is 117 Å². The smallest absolute Gasteiger partial charge is 0.338 e. The number of fused-ring (bicyclic) bond motifs is 1. The maximum atomic E-state index is 13.7. The van der Waals surface area contributed by atoms with Crippen LogP contribution in [-0.4, -0.2) is 28.3 Å². The quantitative estimate of drug-likeness (QED) is 0.139. The summed E-state index contributed by atoms with van der Waals surface area (Å²) < 4.78 is 13.2. The summed E-state index contributed by atoms with van der Waals surface area (Å²) in [6.45, 7) is 3.68. The van der Waals surface area contributed by atoms with Crippen LogP contribution in [0.1, 0.15) is 31.2 Å². The number of aromatic nitrogens is 1. The number of thioether (sulfide) groups is 1. The summed E-state index contributed by atoms with van der Waals surface area (Å²) >= 11 is 2.81. The molecule has 9 nitrogen and oxygen atoms in total. The number of nitrogens with zero attached hydrogens (tertiary/aromatic N) is 3. The number of ether oxygens (including phenoxy) is 1. The first kappa shape index (κ1) is 26.4. The number of nitro benzene ring substituents is 1. The van der Waals surface area contributed by atoms with Gasteiger partial charge in [0.05, 0.1) is 33.4 Å². The number of non-ortho nitro benzene ring substituents is 1. The molecule has 4 aromatic rings. The van der Waals surface area contributed by atoms with Crippen molar-refractivity contribution in [3.05, 3.63) is 113 Å². The van der Waals surface area contributed by atoms with Gasteiger partial charge in [0.25, 0.3) is 11.2 Å². The summed E-state index contributed by atoms with van der Waals surface area (Å²) in [5, 5.41) is 10.9. The van der Waals surface area contributed by atoms with Gasteiger partial charge in [-0.05, 0) is 62.1 Å². The predicted molar refractivity (Wildman–Crippen MR) is 149 cm³/mol. The maximum absolute atomic E-state index is 13.7. The highest BCUT2D eigenvalue weighted by molar-refractivity contribution is 7.98. The molecular formula is C28H23N3O6S2. The van der Waals surface area contributed by atoms with Crippen LogP contribution in [0.5, 0.6) is 0 Å². The molecule has 11 heteroatoms. The molecule has 2 aromatic carbocycles. The third kappa shape index (κ3) is 5.10. The molecule has 1 aliphatic heterocycles. The molecule has 3 heterocycles. The third-order valence-electron chi connectivity index (χ3n) is 6.21. The Kier molecular flexibility index (Phi) is 7.36. The number of benzene rings is 2. The van der Waals surface area contributed by atoms with Gasteiger partial charge in [0, 0.05) is 28.7 Å². The highest BCUT2D eigenvalue weighted by atomic mass is 32.2. The Morgan fingerprint density at radius 1 is 1.18 bits per heavy atom. The first-order chi connectivity index (χ1) is 18.8. The van der Waals surface area contributed by atoms with Gasteiger partial charge in [0.1, 0.15) is 11.5 Å². The minimum Gasteiger partial charge on any atom is -0.463 e. The lowest BCUT2D eigenvalue weighted by Gasteiger charge is -2.24. The minimum absolute atomic E-state index is 0.0123. The first-order valence-electron chi connectivity index (χ1n) is 12.0. The van der Waals surface area contributed by atoms with E-state index in [1.165, 1.54) is 28.0 Å². The number of rotatable bonds is 7. The maximum Gasteiger partial charge on any atom is 0.338 e. The van der Waals surface area contributed by atoms with Crippen molar-refractivity contribution in [1.82, 2.24) is 4.57 Å². The normalized spacial score (nSPS) is 15.2. The lowest BCUT2D eigenvalue weighted by Crippen LogP contribution is -2.39. The molecule has 0 aliphatic carbocycles. The lowest BCUT2D eigenvalue weighted by atomic mass is 9.96. The number of hydrogen-bond donors (Lipinski definition) is 0. The largest absolute Gasteiger partial charge is 0.463 e.